The Bertz CT molecular complexity index is 1030. The van der Waals surface area contributed by atoms with Crippen molar-refractivity contribution in [2.24, 2.45) is 0 Å². The maximum absolute atomic E-state index is 12.2. The second kappa shape index (κ2) is 13.8. The van der Waals surface area contributed by atoms with Crippen LogP contribution in [0.25, 0.3) is 0 Å². The van der Waals surface area contributed by atoms with E-state index in [4.69, 9.17) is 18.9 Å². The fourth-order valence-corrected chi connectivity index (χ4v) is 4.97. The van der Waals surface area contributed by atoms with Crippen LogP contribution in [0, 0.1) is 6.92 Å². The summed E-state index contributed by atoms with van der Waals surface area (Å²) in [5.74, 6) is 2.36. The fraction of sp³-hybridized carbons (Fsp3) is 0.567. The average Bonchev–Trinajstić information content (AvgIpc) is 3.23. The number of hydrogen-bond donors (Lipinski definition) is 1. The van der Waals surface area contributed by atoms with Gasteiger partial charge < -0.3 is 29.0 Å². The summed E-state index contributed by atoms with van der Waals surface area (Å²) in [7, 11) is 1.64. The third kappa shape index (κ3) is 8.35. The lowest BCUT2D eigenvalue weighted by molar-refractivity contribution is -0.130. The molecule has 1 amide bonds. The summed E-state index contributed by atoms with van der Waals surface area (Å²) in [5, 5.41) is 11.3. The van der Waals surface area contributed by atoms with Crippen molar-refractivity contribution in [1.82, 2.24) is 9.80 Å². The number of nitrogens with zero attached hydrogens (tertiary/aromatic N) is 2. The molecule has 2 aromatic carbocycles. The summed E-state index contributed by atoms with van der Waals surface area (Å²) in [5.41, 5.74) is 1.11. The molecule has 4 rings (SSSR count). The lowest BCUT2D eigenvalue weighted by atomic mass is 10.1. The molecule has 0 unspecified atom stereocenters. The number of likely N-dealkylation sites (tertiary alicyclic amines) is 1. The van der Waals surface area contributed by atoms with Gasteiger partial charge >= 0.3 is 0 Å². The number of aryl methyl sites for hydroxylation is 1. The first kappa shape index (κ1) is 28.2. The lowest BCUT2D eigenvalue weighted by Gasteiger charge is -2.30. The van der Waals surface area contributed by atoms with Crippen LogP contribution < -0.4 is 14.2 Å². The van der Waals surface area contributed by atoms with Gasteiger partial charge in [0.25, 0.3) is 0 Å². The summed E-state index contributed by atoms with van der Waals surface area (Å²) in [6, 6.07) is 13.8. The van der Waals surface area contributed by atoms with E-state index in [-0.39, 0.29) is 19.1 Å². The van der Waals surface area contributed by atoms with Crippen LogP contribution in [0.3, 0.4) is 0 Å². The van der Waals surface area contributed by atoms with Gasteiger partial charge in [-0.25, -0.2) is 0 Å². The van der Waals surface area contributed by atoms with Crippen LogP contribution in [-0.2, 0) is 16.1 Å². The summed E-state index contributed by atoms with van der Waals surface area (Å²) >= 11 is 0. The molecule has 0 aromatic heterocycles. The molecular formula is C30H42N2O6. The minimum atomic E-state index is -1.11. The number of benzene rings is 2. The largest absolute Gasteiger partial charge is 0.493 e. The number of aliphatic hydroxyl groups is 1. The van der Waals surface area contributed by atoms with Gasteiger partial charge in [-0.1, -0.05) is 30.2 Å². The van der Waals surface area contributed by atoms with E-state index in [0.29, 0.717) is 50.8 Å². The number of ether oxygens (including phenoxy) is 4. The Hall–Kier alpha value is -2.81. The van der Waals surface area contributed by atoms with Gasteiger partial charge in [-0.2, -0.15) is 0 Å². The second-order valence-electron chi connectivity index (χ2n) is 10.5. The topological polar surface area (TPSA) is 80.7 Å². The Balaban J connectivity index is 1.32. The molecule has 2 aromatic rings. The van der Waals surface area contributed by atoms with Gasteiger partial charge in [0.2, 0.25) is 5.91 Å². The molecular weight excluding hydrogens is 484 g/mol. The molecule has 8 heteroatoms. The van der Waals surface area contributed by atoms with Crippen LogP contribution in [0.2, 0.25) is 0 Å². The molecule has 8 nitrogen and oxygen atoms in total. The molecule has 38 heavy (non-hydrogen) atoms. The van der Waals surface area contributed by atoms with Gasteiger partial charge in [0.05, 0.1) is 26.9 Å². The smallest absolute Gasteiger partial charge is 0.222 e. The maximum Gasteiger partial charge on any atom is 0.222 e. The quantitative estimate of drug-likeness (QED) is 0.446. The first-order chi connectivity index (χ1) is 18.4. The number of rotatable bonds is 11. The standard InChI is InChI=1S/C30H42N2O6/c1-24-8-11-26(12-9-24)38-23-30(34)21-31(16-18-36-22-30)20-25-10-13-27(35-2)28(19-25)37-17-6-15-32-14-5-3-4-7-29(32)33/h8-13,19,34H,3-7,14-18,20-23H2,1-2H3/t30-/m0/s1. The SMILES string of the molecule is COc1ccc(CN2CCOC[C@](O)(COc3ccc(C)cc3)C2)cc1OCCCN1CCCCCC1=O. The van der Waals surface area contributed by atoms with Crippen molar-refractivity contribution in [3.8, 4) is 17.2 Å². The Labute approximate surface area is 226 Å². The zero-order valence-electron chi connectivity index (χ0n) is 22.8. The van der Waals surface area contributed by atoms with Crippen LogP contribution in [-0.4, -0.2) is 86.1 Å². The van der Waals surface area contributed by atoms with Crippen LogP contribution in [0.15, 0.2) is 42.5 Å². The first-order valence-electron chi connectivity index (χ1n) is 13.7. The lowest BCUT2D eigenvalue weighted by Crippen LogP contribution is -2.48. The molecule has 1 N–H and O–H groups in total. The van der Waals surface area contributed by atoms with Crippen LogP contribution in [0.4, 0.5) is 0 Å². The highest BCUT2D eigenvalue weighted by atomic mass is 16.5. The number of hydrogen-bond acceptors (Lipinski definition) is 7. The van der Waals surface area contributed by atoms with E-state index >= 15 is 0 Å². The van der Waals surface area contributed by atoms with Crippen molar-refractivity contribution >= 4 is 5.91 Å². The van der Waals surface area contributed by atoms with E-state index in [9.17, 15) is 9.90 Å². The maximum atomic E-state index is 12.2. The molecule has 0 bridgehead atoms. The molecule has 1 atom stereocenters. The molecule has 2 aliphatic heterocycles. The minimum Gasteiger partial charge on any atom is -0.493 e. The zero-order chi connectivity index (χ0) is 26.8. The number of carbonyl (C=O) groups excluding carboxylic acids is 1. The Morgan fingerprint density at radius 1 is 1.03 bits per heavy atom. The van der Waals surface area contributed by atoms with Gasteiger partial charge in [0.15, 0.2) is 11.5 Å². The van der Waals surface area contributed by atoms with E-state index in [2.05, 4.69) is 4.90 Å². The van der Waals surface area contributed by atoms with Crippen molar-refractivity contribution in [2.75, 3.05) is 59.7 Å². The molecule has 0 radical (unpaired) electrons. The average molecular weight is 527 g/mol. The predicted octanol–water partition coefficient (Wildman–Crippen LogP) is 3.82. The van der Waals surface area contributed by atoms with E-state index < -0.39 is 5.60 Å². The minimum absolute atomic E-state index is 0.156. The monoisotopic (exact) mass is 526 g/mol. The van der Waals surface area contributed by atoms with Crippen LogP contribution in [0.1, 0.15) is 43.2 Å². The molecule has 208 valence electrons. The van der Waals surface area contributed by atoms with Crippen molar-refractivity contribution in [3.63, 3.8) is 0 Å². The highest BCUT2D eigenvalue weighted by Crippen LogP contribution is 2.29. The Kier molecular flexibility index (Phi) is 10.3. The molecule has 2 fully saturated rings. The van der Waals surface area contributed by atoms with Gasteiger partial charge in [-0.3, -0.25) is 9.69 Å². The number of amides is 1. The molecule has 0 spiro atoms. The third-order valence-corrected chi connectivity index (χ3v) is 7.10. The van der Waals surface area contributed by atoms with E-state index in [0.717, 1.165) is 55.6 Å². The molecule has 2 aliphatic rings. The number of methoxy groups -OCH3 is 1. The zero-order valence-corrected chi connectivity index (χ0v) is 22.8. The van der Waals surface area contributed by atoms with Crippen molar-refractivity contribution in [2.45, 2.75) is 51.2 Å². The first-order valence-corrected chi connectivity index (χ1v) is 13.7. The highest BCUT2D eigenvalue weighted by molar-refractivity contribution is 5.76. The normalized spacial score (nSPS) is 21.0. The van der Waals surface area contributed by atoms with Gasteiger partial charge in [-0.15, -0.1) is 0 Å². The predicted molar refractivity (Wildman–Crippen MR) is 146 cm³/mol. The number of β-amino-alcohol motifs (C(OH)–C–C–N with tert-alkyl or cyclic N) is 1. The van der Waals surface area contributed by atoms with E-state index in [1.165, 1.54) is 0 Å². The number of carbonyl (C=O) groups is 1. The molecule has 0 aliphatic carbocycles. The summed E-state index contributed by atoms with van der Waals surface area (Å²) in [6.45, 7) is 6.82. The van der Waals surface area contributed by atoms with Crippen molar-refractivity contribution in [1.29, 1.82) is 0 Å². The highest BCUT2D eigenvalue weighted by Gasteiger charge is 2.33. The van der Waals surface area contributed by atoms with E-state index in [1.54, 1.807) is 7.11 Å². The van der Waals surface area contributed by atoms with Gasteiger partial charge in [0.1, 0.15) is 18.0 Å². The second-order valence-corrected chi connectivity index (χ2v) is 10.5. The van der Waals surface area contributed by atoms with E-state index in [1.807, 2.05) is 54.3 Å². The summed E-state index contributed by atoms with van der Waals surface area (Å²) in [4.78, 5) is 16.4. The van der Waals surface area contributed by atoms with Gasteiger partial charge in [0, 0.05) is 39.1 Å². The Morgan fingerprint density at radius 2 is 1.87 bits per heavy atom. The van der Waals surface area contributed by atoms with Gasteiger partial charge in [-0.05, 0) is 56.0 Å². The molecule has 0 saturated carbocycles. The third-order valence-electron chi connectivity index (χ3n) is 7.10. The van der Waals surface area contributed by atoms with Crippen LogP contribution in [0.5, 0.6) is 17.2 Å². The van der Waals surface area contributed by atoms with Crippen LogP contribution >= 0.6 is 0 Å². The summed E-state index contributed by atoms with van der Waals surface area (Å²) in [6.07, 6.45) is 4.64. The summed E-state index contributed by atoms with van der Waals surface area (Å²) < 4.78 is 23.3. The van der Waals surface area contributed by atoms with Crippen molar-refractivity contribution < 1.29 is 28.8 Å². The fourth-order valence-electron chi connectivity index (χ4n) is 4.97. The van der Waals surface area contributed by atoms with Crippen molar-refractivity contribution in [3.05, 3.63) is 53.6 Å². The Morgan fingerprint density at radius 3 is 2.68 bits per heavy atom. The molecule has 2 saturated heterocycles. The molecule has 2 heterocycles.